The van der Waals surface area contributed by atoms with Gasteiger partial charge in [0.25, 0.3) is 5.78 Å². The van der Waals surface area contributed by atoms with Gasteiger partial charge in [0.05, 0.1) is 31.9 Å². The molecular formula is C29H32N2O7. The molecule has 0 radical (unpaired) electrons. The third-order valence-corrected chi connectivity index (χ3v) is 6.20. The van der Waals surface area contributed by atoms with E-state index in [0.717, 1.165) is 6.42 Å². The zero-order valence-electron chi connectivity index (χ0n) is 22.2. The molecule has 0 bridgehead atoms. The van der Waals surface area contributed by atoms with Crippen molar-refractivity contribution in [3.63, 3.8) is 0 Å². The molecule has 1 amide bonds. The molecule has 0 spiro atoms. The summed E-state index contributed by atoms with van der Waals surface area (Å²) in [5.74, 6) is 0.744. The van der Waals surface area contributed by atoms with Gasteiger partial charge in [0.2, 0.25) is 0 Å². The van der Waals surface area contributed by atoms with Crippen LogP contribution in [0.2, 0.25) is 0 Å². The number of carbonyl (C=O) groups excluding carboxylic acids is 2. The van der Waals surface area contributed by atoms with Gasteiger partial charge in [0, 0.05) is 11.6 Å². The van der Waals surface area contributed by atoms with Crippen LogP contribution in [0.3, 0.4) is 0 Å². The first-order chi connectivity index (χ1) is 18.2. The smallest absolute Gasteiger partial charge is 0.301 e. The van der Waals surface area contributed by atoms with Crippen molar-refractivity contribution >= 4 is 23.3 Å². The Balaban J connectivity index is 1.82. The minimum absolute atomic E-state index is 0.0738. The first-order valence-corrected chi connectivity index (χ1v) is 12.5. The van der Waals surface area contributed by atoms with Crippen molar-refractivity contribution in [1.82, 2.24) is 5.16 Å². The molecule has 38 heavy (non-hydrogen) atoms. The van der Waals surface area contributed by atoms with Crippen molar-refractivity contribution in [3.8, 4) is 17.2 Å². The van der Waals surface area contributed by atoms with Crippen molar-refractivity contribution in [2.24, 2.45) is 5.92 Å². The van der Waals surface area contributed by atoms with Crippen LogP contribution in [0.25, 0.3) is 5.76 Å². The fourth-order valence-corrected chi connectivity index (χ4v) is 4.26. The van der Waals surface area contributed by atoms with Crippen LogP contribution in [-0.2, 0) is 9.59 Å². The highest BCUT2D eigenvalue weighted by Gasteiger charge is 2.48. The molecular weight excluding hydrogens is 488 g/mol. The second-order valence-corrected chi connectivity index (χ2v) is 9.36. The standard InChI is InChI=1S/C29H32N2O7/c1-6-36-21-10-7-19(8-11-21)27(32)25-26(31(29(34)28(25)33)24-15-18(4)38-30-24)20-9-12-22(23(16-20)35-5)37-14-13-17(2)3/h7-12,15-17,26,32H,6,13-14H2,1-5H3/b27-25-. The molecule has 4 rings (SSSR count). The summed E-state index contributed by atoms with van der Waals surface area (Å²) in [6.07, 6.45) is 0.874. The largest absolute Gasteiger partial charge is 0.507 e. The monoisotopic (exact) mass is 520 g/mol. The number of aliphatic hydroxyl groups is 1. The van der Waals surface area contributed by atoms with E-state index in [4.69, 9.17) is 18.7 Å². The second kappa shape index (κ2) is 11.4. The SMILES string of the molecule is CCOc1ccc(/C(O)=C2/C(=O)C(=O)N(c3cc(C)on3)C2c2ccc(OCCC(C)C)c(OC)c2)cc1. The number of benzene rings is 2. The number of hydrogen-bond donors (Lipinski definition) is 1. The van der Waals surface area contributed by atoms with Crippen LogP contribution in [0, 0.1) is 12.8 Å². The van der Waals surface area contributed by atoms with E-state index in [2.05, 4.69) is 19.0 Å². The Morgan fingerprint density at radius 2 is 1.82 bits per heavy atom. The van der Waals surface area contributed by atoms with E-state index in [9.17, 15) is 14.7 Å². The van der Waals surface area contributed by atoms with E-state index in [1.165, 1.54) is 12.0 Å². The van der Waals surface area contributed by atoms with Gasteiger partial charge in [0.1, 0.15) is 17.3 Å². The maximum absolute atomic E-state index is 13.3. The van der Waals surface area contributed by atoms with Gasteiger partial charge in [-0.3, -0.25) is 14.5 Å². The number of carbonyl (C=O) groups is 2. The normalized spacial score (nSPS) is 16.8. The third-order valence-electron chi connectivity index (χ3n) is 6.20. The van der Waals surface area contributed by atoms with Crippen molar-refractivity contribution in [2.75, 3.05) is 25.2 Å². The van der Waals surface area contributed by atoms with E-state index in [0.29, 0.717) is 53.3 Å². The van der Waals surface area contributed by atoms with Crippen LogP contribution in [0.1, 0.15) is 50.1 Å². The lowest BCUT2D eigenvalue weighted by atomic mass is 9.95. The molecule has 1 atom stereocenters. The number of hydrogen-bond acceptors (Lipinski definition) is 8. The molecule has 3 aromatic rings. The van der Waals surface area contributed by atoms with Crippen LogP contribution < -0.4 is 19.1 Å². The Labute approximate surface area is 221 Å². The molecule has 2 heterocycles. The van der Waals surface area contributed by atoms with Gasteiger partial charge in [-0.25, -0.2) is 0 Å². The summed E-state index contributed by atoms with van der Waals surface area (Å²) < 4.78 is 22.2. The zero-order valence-corrected chi connectivity index (χ0v) is 22.2. The summed E-state index contributed by atoms with van der Waals surface area (Å²) in [4.78, 5) is 27.9. The van der Waals surface area contributed by atoms with E-state index in [1.54, 1.807) is 55.5 Å². The summed E-state index contributed by atoms with van der Waals surface area (Å²) in [6.45, 7) is 8.80. The molecule has 1 aromatic heterocycles. The zero-order chi connectivity index (χ0) is 27.4. The lowest BCUT2D eigenvalue weighted by Crippen LogP contribution is -2.29. The molecule has 0 aliphatic carbocycles. The molecule has 2 aromatic carbocycles. The number of aliphatic hydroxyl groups excluding tert-OH is 1. The van der Waals surface area contributed by atoms with E-state index in [-0.39, 0.29) is 17.2 Å². The maximum Gasteiger partial charge on any atom is 0.301 e. The Morgan fingerprint density at radius 1 is 1.08 bits per heavy atom. The summed E-state index contributed by atoms with van der Waals surface area (Å²) >= 11 is 0. The maximum atomic E-state index is 13.3. The first-order valence-electron chi connectivity index (χ1n) is 12.5. The van der Waals surface area contributed by atoms with Crippen molar-refractivity contribution in [1.29, 1.82) is 0 Å². The number of methoxy groups -OCH3 is 1. The highest BCUT2D eigenvalue weighted by atomic mass is 16.5. The number of aromatic nitrogens is 1. The average Bonchev–Trinajstić information content (AvgIpc) is 3.44. The first kappa shape index (κ1) is 26.8. The predicted molar refractivity (Wildman–Crippen MR) is 142 cm³/mol. The molecule has 9 nitrogen and oxygen atoms in total. The summed E-state index contributed by atoms with van der Waals surface area (Å²) in [7, 11) is 1.52. The summed E-state index contributed by atoms with van der Waals surface area (Å²) in [5.41, 5.74) is 0.828. The Kier molecular flexibility index (Phi) is 8.05. The van der Waals surface area contributed by atoms with Gasteiger partial charge in [-0.2, -0.15) is 0 Å². The molecule has 1 N–H and O–H groups in total. The van der Waals surface area contributed by atoms with E-state index >= 15 is 0 Å². The Hall–Kier alpha value is -4.27. The number of anilines is 1. The van der Waals surface area contributed by atoms with Crippen LogP contribution in [0.4, 0.5) is 5.82 Å². The number of rotatable bonds is 10. The van der Waals surface area contributed by atoms with Crippen molar-refractivity contribution in [3.05, 3.63) is 71.0 Å². The highest BCUT2D eigenvalue weighted by molar-refractivity contribution is 6.51. The predicted octanol–water partition coefficient (Wildman–Crippen LogP) is 5.44. The van der Waals surface area contributed by atoms with Crippen LogP contribution >= 0.6 is 0 Å². The highest BCUT2D eigenvalue weighted by Crippen LogP contribution is 2.44. The van der Waals surface area contributed by atoms with Gasteiger partial charge in [-0.05, 0) is 68.1 Å². The van der Waals surface area contributed by atoms with Gasteiger partial charge in [-0.15, -0.1) is 0 Å². The van der Waals surface area contributed by atoms with Crippen molar-refractivity contribution in [2.45, 2.75) is 40.2 Å². The topological polar surface area (TPSA) is 111 Å². The molecule has 1 unspecified atom stereocenters. The van der Waals surface area contributed by atoms with Gasteiger partial charge in [0.15, 0.2) is 17.3 Å². The minimum Gasteiger partial charge on any atom is -0.507 e. The van der Waals surface area contributed by atoms with Crippen molar-refractivity contribution < 1.29 is 33.4 Å². The number of amides is 1. The average molecular weight is 521 g/mol. The molecule has 1 saturated heterocycles. The lowest BCUT2D eigenvalue weighted by molar-refractivity contribution is -0.132. The Bertz CT molecular complexity index is 1340. The second-order valence-electron chi connectivity index (χ2n) is 9.36. The van der Waals surface area contributed by atoms with Gasteiger partial charge >= 0.3 is 5.91 Å². The Morgan fingerprint density at radius 3 is 2.42 bits per heavy atom. The lowest BCUT2D eigenvalue weighted by Gasteiger charge is -2.24. The number of nitrogens with zero attached hydrogens (tertiary/aromatic N) is 2. The minimum atomic E-state index is -0.982. The fraction of sp³-hybridized carbons (Fsp3) is 0.345. The van der Waals surface area contributed by atoms with Crippen LogP contribution in [0.15, 0.2) is 58.6 Å². The number of aryl methyl sites for hydroxylation is 1. The quantitative estimate of drug-likeness (QED) is 0.214. The molecule has 9 heteroatoms. The van der Waals surface area contributed by atoms with Crippen LogP contribution in [0.5, 0.6) is 17.2 Å². The number of ketones is 1. The van der Waals surface area contributed by atoms with Gasteiger partial charge in [-0.1, -0.05) is 25.1 Å². The summed E-state index contributed by atoms with van der Waals surface area (Å²) in [5, 5.41) is 15.3. The van der Waals surface area contributed by atoms with E-state index in [1.807, 2.05) is 6.92 Å². The number of Topliss-reactive ketones (excluding diaryl/α,β-unsaturated/α-hetero) is 1. The molecule has 200 valence electrons. The fourth-order valence-electron chi connectivity index (χ4n) is 4.26. The molecule has 1 aliphatic heterocycles. The number of ether oxygens (including phenoxy) is 3. The molecule has 1 aliphatic rings. The molecule has 0 saturated carbocycles. The molecule has 1 fully saturated rings. The van der Waals surface area contributed by atoms with Crippen LogP contribution in [-0.4, -0.2) is 42.3 Å². The summed E-state index contributed by atoms with van der Waals surface area (Å²) in [6, 6.07) is 12.4. The van der Waals surface area contributed by atoms with Gasteiger partial charge < -0.3 is 23.8 Å². The van der Waals surface area contributed by atoms with E-state index < -0.39 is 17.7 Å². The third kappa shape index (κ3) is 5.37.